The Morgan fingerprint density at radius 2 is 0.597 bits per heavy atom. The van der Waals surface area contributed by atoms with Crippen LogP contribution in [0.4, 0.5) is 34.1 Å². The van der Waals surface area contributed by atoms with Gasteiger partial charge >= 0.3 is 0 Å². The number of fused-ring (bicyclic) bond motifs is 7. The van der Waals surface area contributed by atoms with E-state index in [4.69, 9.17) is 0 Å². The minimum atomic E-state index is 0.391. The van der Waals surface area contributed by atoms with Crippen molar-refractivity contribution in [1.82, 2.24) is 0 Å². The molecule has 0 saturated heterocycles. The minimum Gasteiger partial charge on any atom is -0.309 e. The average Bonchev–Trinajstić information content (AvgIpc) is 3.33. The highest BCUT2D eigenvalue weighted by molar-refractivity contribution is 6.18. The molecule has 10 rings (SSSR count). The van der Waals surface area contributed by atoms with Gasteiger partial charge in [-0.2, -0.15) is 0 Å². The summed E-state index contributed by atoms with van der Waals surface area (Å²) < 4.78 is 0. The fourth-order valence-electron chi connectivity index (χ4n) is 10.2. The first-order valence-electron chi connectivity index (χ1n) is 22.7. The molecule has 0 radical (unpaired) electrons. The molecule has 0 aliphatic rings. The van der Waals surface area contributed by atoms with Crippen molar-refractivity contribution >= 4 is 88.0 Å². The molecule has 10 aromatic carbocycles. The third-order valence-corrected chi connectivity index (χ3v) is 13.5. The van der Waals surface area contributed by atoms with Crippen molar-refractivity contribution in [2.75, 3.05) is 9.80 Å². The lowest BCUT2D eigenvalue weighted by molar-refractivity contribution is 0.641. The molecule has 0 fully saturated rings. The van der Waals surface area contributed by atoms with Crippen LogP contribution in [0.15, 0.2) is 194 Å². The molecule has 0 spiro atoms. The number of anilines is 6. The van der Waals surface area contributed by atoms with Crippen molar-refractivity contribution in [3.8, 4) is 0 Å². The average molecular weight is 803 g/mol. The van der Waals surface area contributed by atoms with Gasteiger partial charge in [0.2, 0.25) is 0 Å². The van der Waals surface area contributed by atoms with Crippen LogP contribution in [0.3, 0.4) is 0 Å². The number of benzene rings is 10. The van der Waals surface area contributed by atoms with E-state index < -0.39 is 0 Å². The molecule has 0 aliphatic heterocycles. The zero-order chi connectivity index (χ0) is 42.2. The largest absolute Gasteiger partial charge is 0.309 e. The van der Waals surface area contributed by atoms with Crippen molar-refractivity contribution in [1.29, 1.82) is 0 Å². The highest BCUT2D eigenvalue weighted by Gasteiger charge is 2.27. The van der Waals surface area contributed by atoms with Crippen molar-refractivity contribution in [2.45, 2.75) is 65.2 Å². The third-order valence-electron chi connectivity index (χ3n) is 13.5. The van der Waals surface area contributed by atoms with Crippen LogP contribution in [0, 0.1) is 0 Å². The minimum absolute atomic E-state index is 0.391. The Balaban J connectivity index is 1.38. The summed E-state index contributed by atoms with van der Waals surface area (Å²) in [6.07, 6.45) is 4.24. The second-order valence-corrected chi connectivity index (χ2v) is 16.9. The normalized spacial score (nSPS) is 11.8. The van der Waals surface area contributed by atoms with Crippen molar-refractivity contribution in [3.05, 3.63) is 205 Å². The second-order valence-electron chi connectivity index (χ2n) is 16.9. The van der Waals surface area contributed by atoms with Gasteiger partial charge in [0.15, 0.2) is 0 Å². The zero-order valence-electron chi connectivity index (χ0n) is 36.4. The maximum Gasteiger partial charge on any atom is 0.0546 e. The molecule has 2 nitrogen and oxygen atoms in total. The van der Waals surface area contributed by atoms with Crippen molar-refractivity contribution in [2.24, 2.45) is 0 Å². The van der Waals surface area contributed by atoms with E-state index in [0.29, 0.717) is 11.8 Å². The van der Waals surface area contributed by atoms with E-state index >= 15 is 0 Å². The monoisotopic (exact) mass is 802 g/mol. The van der Waals surface area contributed by atoms with Gasteiger partial charge in [-0.3, -0.25) is 0 Å². The molecular weight excluding hydrogens is 749 g/mol. The van der Waals surface area contributed by atoms with Crippen LogP contribution in [-0.2, 0) is 0 Å². The molecular formula is C60H54N2. The molecule has 0 amide bonds. The van der Waals surface area contributed by atoms with Crippen LogP contribution < -0.4 is 9.80 Å². The topological polar surface area (TPSA) is 6.48 Å². The summed E-state index contributed by atoms with van der Waals surface area (Å²) in [4.78, 5) is 5.14. The predicted octanol–water partition coefficient (Wildman–Crippen LogP) is 18.2. The SMILES string of the molecule is CCC(CC)c1cc(N(c2ccccc2)c2cc3ccccc3c3ccccc23)c2cc(C(CC)CC)cc(N(c3ccccc3)c3cc4ccccc4c4ccccc34)c2c1. The predicted molar refractivity (Wildman–Crippen MR) is 270 cm³/mol. The zero-order valence-corrected chi connectivity index (χ0v) is 36.4. The first-order valence-corrected chi connectivity index (χ1v) is 22.7. The first-order chi connectivity index (χ1) is 30.6. The Morgan fingerprint density at radius 3 is 0.968 bits per heavy atom. The fourth-order valence-corrected chi connectivity index (χ4v) is 10.2. The van der Waals surface area contributed by atoms with Gasteiger partial charge in [0.1, 0.15) is 0 Å². The molecule has 0 heterocycles. The molecule has 2 heteroatoms. The van der Waals surface area contributed by atoms with E-state index in [2.05, 4.69) is 232 Å². The van der Waals surface area contributed by atoms with Gasteiger partial charge in [0, 0.05) is 32.9 Å². The van der Waals surface area contributed by atoms with Crippen LogP contribution >= 0.6 is 0 Å². The van der Waals surface area contributed by atoms with E-state index in [1.807, 2.05) is 0 Å². The Kier molecular flexibility index (Phi) is 10.7. The molecule has 0 N–H and O–H groups in total. The number of nitrogens with zero attached hydrogens (tertiary/aromatic N) is 2. The van der Waals surface area contributed by atoms with Gasteiger partial charge in [0.05, 0.1) is 22.7 Å². The van der Waals surface area contributed by atoms with Crippen LogP contribution in [0.2, 0.25) is 0 Å². The highest BCUT2D eigenvalue weighted by atomic mass is 15.2. The van der Waals surface area contributed by atoms with E-state index in [0.717, 1.165) is 37.1 Å². The molecule has 0 unspecified atom stereocenters. The number of para-hydroxylation sites is 2. The van der Waals surface area contributed by atoms with Gasteiger partial charge in [-0.25, -0.2) is 0 Å². The maximum atomic E-state index is 2.57. The summed E-state index contributed by atoms with van der Waals surface area (Å²) in [5.41, 5.74) is 9.82. The number of rotatable bonds is 12. The molecule has 62 heavy (non-hydrogen) atoms. The standard InChI is InChI=1S/C60H54N2/c1-5-41(6-2)45-35-55-56(59(39-45)61(47-25-11-9-12-26-47)57-37-43-23-15-17-29-49(43)51-31-19-21-33-53(51)57)36-46(42(7-3)8-4)40-60(55)62(48-27-13-10-14-28-48)58-38-44-24-16-18-30-50(44)52-32-20-22-34-54(52)58/h9-42H,5-8H2,1-4H3. The molecule has 0 atom stereocenters. The van der Waals surface area contributed by atoms with Crippen LogP contribution in [0.1, 0.15) is 76.3 Å². The van der Waals surface area contributed by atoms with Gasteiger partial charge in [-0.05, 0) is 142 Å². The van der Waals surface area contributed by atoms with E-state index in [9.17, 15) is 0 Å². The van der Waals surface area contributed by atoms with E-state index in [1.54, 1.807) is 0 Å². The van der Waals surface area contributed by atoms with Crippen LogP contribution in [0.5, 0.6) is 0 Å². The number of hydrogen-bond acceptors (Lipinski definition) is 2. The molecule has 0 aliphatic carbocycles. The lowest BCUT2D eigenvalue weighted by Crippen LogP contribution is -2.15. The lowest BCUT2D eigenvalue weighted by Gasteiger charge is -2.33. The molecule has 0 aromatic heterocycles. The van der Waals surface area contributed by atoms with Gasteiger partial charge in [-0.1, -0.05) is 161 Å². The van der Waals surface area contributed by atoms with Crippen molar-refractivity contribution in [3.63, 3.8) is 0 Å². The molecule has 10 aromatic rings. The Bertz CT molecular complexity index is 2980. The second kappa shape index (κ2) is 16.9. The fraction of sp³-hybridized carbons (Fsp3) is 0.167. The summed E-state index contributed by atoms with van der Waals surface area (Å²) in [6, 6.07) is 72.8. The van der Waals surface area contributed by atoms with E-state index in [1.165, 1.54) is 87.7 Å². The molecule has 304 valence electrons. The van der Waals surface area contributed by atoms with Gasteiger partial charge in [-0.15, -0.1) is 0 Å². The Labute approximate surface area is 366 Å². The highest BCUT2D eigenvalue weighted by Crippen LogP contribution is 2.51. The molecule has 0 bridgehead atoms. The Morgan fingerprint density at radius 1 is 0.290 bits per heavy atom. The third kappa shape index (κ3) is 6.85. The quantitative estimate of drug-likeness (QED) is 0.114. The first kappa shape index (κ1) is 39.2. The lowest BCUT2D eigenvalue weighted by atomic mass is 9.86. The maximum absolute atomic E-state index is 2.57. The van der Waals surface area contributed by atoms with Gasteiger partial charge < -0.3 is 9.80 Å². The smallest absolute Gasteiger partial charge is 0.0546 e. The molecule has 0 saturated carbocycles. The van der Waals surface area contributed by atoms with Crippen LogP contribution in [0.25, 0.3) is 53.9 Å². The summed E-state index contributed by atoms with van der Waals surface area (Å²) in [5.74, 6) is 0.782. The van der Waals surface area contributed by atoms with E-state index in [-0.39, 0.29) is 0 Å². The summed E-state index contributed by atoms with van der Waals surface area (Å²) in [7, 11) is 0. The Hall–Kier alpha value is -6.90. The van der Waals surface area contributed by atoms with Crippen molar-refractivity contribution < 1.29 is 0 Å². The summed E-state index contributed by atoms with van der Waals surface area (Å²) in [6.45, 7) is 9.38. The number of hydrogen-bond donors (Lipinski definition) is 0. The van der Waals surface area contributed by atoms with Gasteiger partial charge in [0.25, 0.3) is 0 Å². The summed E-state index contributed by atoms with van der Waals surface area (Å²) in [5, 5.41) is 12.5. The summed E-state index contributed by atoms with van der Waals surface area (Å²) >= 11 is 0. The van der Waals surface area contributed by atoms with Crippen LogP contribution in [-0.4, -0.2) is 0 Å².